The summed E-state index contributed by atoms with van der Waals surface area (Å²) < 4.78 is 54.5. The normalized spacial score (nSPS) is 26.8. The third kappa shape index (κ3) is 3.13. The number of carbonyl (C=O) groups is 1. The molecule has 32 heavy (non-hydrogen) atoms. The number of nitrogens with zero attached hydrogens (tertiary/aromatic N) is 3. The van der Waals surface area contributed by atoms with Crippen LogP contribution in [0.1, 0.15) is 29.4 Å². The molecule has 0 bridgehead atoms. The Morgan fingerprint density at radius 3 is 2.66 bits per heavy atom. The predicted molar refractivity (Wildman–Crippen MR) is 114 cm³/mol. The van der Waals surface area contributed by atoms with Gasteiger partial charge in [-0.05, 0) is 50.2 Å². The third-order valence-electron chi connectivity index (χ3n) is 6.23. The number of pyridine rings is 1. The van der Waals surface area contributed by atoms with Gasteiger partial charge < -0.3 is 16.4 Å². The molecule has 0 radical (unpaired) electrons. The second-order valence-corrected chi connectivity index (χ2v) is 10.2. The minimum Gasteiger partial charge on any atom is -0.369 e. The summed E-state index contributed by atoms with van der Waals surface area (Å²) in [7, 11) is -2.67. The average Bonchev–Trinajstić information content (AvgIpc) is 3.26. The van der Waals surface area contributed by atoms with Crippen LogP contribution in [0.4, 0.5) is 14.5 Å². The molecule has 170 valence electrons. The van der Waals surface area contributed by atoms with E-state index in [1.165, 1.54) is 32.2 Å². The van der Waals surface area contributed by atoms with E-state index in [-0.39, 0.29) is 35.9 Å². The first-order valence-corrected chi connectivity index (χ1v) is 11.2. The Hall–Kier alpha value is -3.12. The summed E-state index contributed by atoms with van der Waals surface area (Å²) in [5, 5.41) is 5.62. The van der Waals surface area contributed by atoms with Gasteiger partial charge in [0.15, 0.2) is 0 Å². The summed E-state index contributed by atoms with van der Waals surface area (Å²) >= 11 is 0. The number of hydrogen-bond acceptors (Lipinski definition) is 7. The zero-order chi connectivity index (χ0) is 23.3. The Labute approximate surface area is 183 Å². The minimum absolute atomic E-state index is 0.0225. The first-order valence-electron chi connectivity index (χ1n) is 9.79. The number of nitrogens with one attached hydrogen (secondary N) is 2. The number of hydrogen-bond donors (Lipinski definition) is 3. The number of amides is 1. The van der Waals surface area contributed by atoms with Gasteiger partial charge in [-0.2, -0.15) is 0 Å². The van der Waals surface area contributed by atoms with Gasteiger partial charge in [-0.25, -0.2) is 31.5 Å². The van der Waals surface area contributed by atoms with Crippen molar-refractivity contribution in [1.29, 1.82) is 0 Å². The quantitative estimate of drug-likeness (QED) is 0.625. The molecule has 1 aromatic carbocycles. The molecule has 9 nitrogen and oxygen atoms in total. The Morgan fingerprint density at radius 1 is 1.28 bits per heavy atom. The van der Waals surface area contributed by atoms with Crippen molar-refractivity contribution in [2.45, 2.75) is 23.6 Å². The van der Waals surface area contributed by atoms with Crippen LogP contribution in [0.5, 0.6) is 0 Å². The van der Waals surface area contributed by atoms with Crippen LogP contribution in [0.25, 0.3) is 0 Å². The second-order valence-electron chi connectivity index (χ2n) is 7.95. The van der Waals surface area contributed by atoms with E-state index < -0.39 is 37.9 Å². The molecule has 1 unspecified atom stereocenters. The van der Waals surface area contributed by atoms with Crippen LogP contribution in [0.2, 0.25) is 0 Å². The number of nitrogens with two attached hydrogens (primary N) is 1. The lowest BCUT2D eigenvalue weighted by atomic mass is 9.78. The van der Waals surface area contributed by atoms with Crippen LogP contribution in [-0.2, 0) is 15.6 Å². The zero-order valence-corrected chi connectivity index (χ0v) is 18.2. The lowest BCUT2D eigenvalue weighted by Crippen LogP contribution is -2.65. The van der Waals surface area contributed by atoms with E-state index in [1.807, 2.05) is 0 Å². The van der Waals surface area contributed by atoms with Crippen molar-refractivity contribution in [2.75, 3.05) is 25.5 Å². The number of benzene rings is 1. The van der Waals surface area contributed by atoms with Crippen LogP contribution in [0.15, 0.2) is 41.5 Å². The molecule has 1 spiro atoms. The number of sulfonamides is 1. The van der Waals surface area contributed by atoms with Gasteiger partial charge in [0.2, 0.25) is 16.0 Å². The lowest BCUT2D eigenvalue weighted by Gasteiger charge is -2.48. The molecular weight excluding hydrogens is 442 g/mol. The van der Waals surface area contributed by atoms with Crippen molar-refractivity contribution in [3.63, 3.8) is 0 Å². The molecule has 2 aromatic rings. The number of anilines is 1. The predicted octanol–water partition coefficient (Wildman–Crippen LogP) is 1.15. The summed E-state index contributed by atoms with van der Waals surface area (Å²) in [6, 6.07) is 6.11. The highest BCUT2D eigenvalue weighted by Crippen LogP contribution is 2.50. The highest BCUT2D eigenvalue weighted by atomic mass is 32.2. The smallest absolute Gasteiger partial charge is 0.274 e. The Kier molecular flexibility index (Phi) is 5.17. The van der Waals surface area contributed by atoms with Crippen LogP contribution < -0.4 is 16.4 Å². The maximum absolute atomic E-state index is 15.1. The number of aromatic nitrogens is 1. The molecule has 0 saturated carbocycles. The zero-order valence-electron chi connectivity index (χ0n) is 17.4. The molecule has 0 aliphatic carbocycles. The maximum atomic E-state index is 15.1. The maximum Gasteiger partial charge on any atom is 0.274 e. The van der Waals surface area contributed by atoms with Crippen molar-refractivity contribution in [3.8, 4) is 0 Å². The molecule has 1 amide bonds. The number of carbonyl (C=O) groups excluding carboxylic acids is 1. The standard InChI is InChI=1S/C20H22F2N6O3S/c1-19(20(7-8-24-11-20)32(30,31)28(2)18(23)27-19)14-9-13(4-5-15(14)22)26-17(29)16-6-3-12(21)10-25-16/h3-6,9-10,24H,7-8,11H2,1-2H3,(H2,23,27)(H,26,29)/t19-,20?/m1/s1. The summed E-state index contributed by atoms with van der Waals surface area (Å²) in [6.45, 7) is 2.00. The fourth-order valence-corrected chi connectivity index (χ4v) is 6.44. The molecular formula is C20H22F2N6O3S. The lowest BCUT2D eigenvalue weighted by molar-refractivity contribution is 0.102. The van der Waals surface area contributed by atoms with E-state index in [0.717, 1.165) is 22.6 Å². The van der Waals surface area contributed by atoms with Gasteiger partial charge in [-0.3, -0.25) is 4.79 Å². The largest absolute Gasteiger partial charge is 0.369 e. The van der Waals surface area contributed by atoms with Crippen molar-refractivity contribution in [1.82, 2.24) is 14.6 Å². The number of guanidine groups is 1. The fourth-order valence-electron chi connectivity index (χ4n) is 4.33. The van der Waals surface area contributed by atoms with Gasteiger partial charge in [-0.1, -0.05) is 0 Å². The van der Waals surface area contributed by atoms with Gasteiger partial charge in [0.1, 0.15) is 27.6 Å². The minimum atomic E-state index is -3.99. The van der Waals surface area contributed by atoms with Crippen LogP contribution >= 0.6 is 0 Å². The molecule has 2 atom stereocenters. The molecule has 2 aliphatic heterocycles. The topological polar surface area (TPSA) is 130 Å². The molecule has 1 fully saturated rings. The van der Waals surface area contributed by atoms with E-state index >= 15 is 4.39 Å². The molecule has 4 N–H and O–H groups in total. The highest BCUT2D eigenvalue weighted by molar-refractivity contribution is 7.91. The summed E-state index contributed by atoms with van der Waals surface area (Å²) in [5.41, 5.74) is 4.49. The summed E-state index contributed by atoms with van der Waals surface area (Å²) in [4.78, 5) is 20.6. The summed E-state index contributed by atoms with van der Waals surface area (Å²) in [5.74, 6) is -2.17. The number of rotatable bonds is 3. The number of halogens is 2. The molecule has 3 heterocycles. The molecule has 1 saturated heterocycles. The molecule has 1 aromatic heterocycles. The Bertz CT molecular complexity index is 1210. The first kappa shape index (κ1) is 22.1. The van der Waals surface area contributed by atoms with Crippen molar-refractivity contribution in [3.05, 3.63) is 59.4 Å². The fraction of sp³-hybridized carbons (Fsp3) is 0.350. The van der Waals surface area contributed by atoms with E-state index in [9.17, 15) is 17.6 Å². The average molecular weight is 464 g/mol. The van der Waals surface area contributed by atoms with Gasteiger partial charge in [0.25, 0.3) is 5.91 Å². The molecule has 2 aliphatic rings. The first-order chi connectivity index (χ1) is 15.0. The van der Waals surface area contributed by atoms with Gasteiger partial charge in [0, 0.05) is 24.8 Å². The number of aliphatic imine (C=N–C) groups is 1. The third-order valence-corrected chi connectivity index (χ3v) is 8.87. The monoisotopic (exact) mass is 464 g/mol. The summed E-state index contributed by atoms with van der Waals surface area (Å²) in [6.07, 6.45) is 1.10. The van der Waals surface area contributed by atoms with Crippen molar-refractivity contribution >= 4 is 27.6 Å². The van der Waals surface area contributed by atoms with E-state index in [1.54, 1.807) is 0 Å². The van der Waals surface area contributed by atoms with E-state index in [0.29, 0.717) is 6.54 Å². The van der Waals surface area contributed by atoms with Crippen molar-refractivity contribution in [2.24, 2.45) is 10.7 Å². The van der Waals surface area contributed by atoms with Crippen LogP contribution in [0, 0.1) is 11.6 Å². The van der Waals surface area contributed by atoms with E-state index in [4.69, 9.17) is 5.73 Å². The van der Waals surface area contributed by atoms with E-state index in [2.05, 4.69) is 20.6 Å². The van der Waals surface area contributed by atoms with Gasteiger partial charge >= 0.3 is 0 Å². The Balaban J connectivity index is 1.80. The van der Waals surface area contributed by atoms with Crippen LogP contribution in [-0.4, -0.2) is 54.5 Å². The van der Waals surface area contributed by atoms with Crippen molar-refractivity contribution < 1.29 is 22.0 Å². The second kappa shape index (κ2) is 7.48. The SMILES string of the molecule is CN1C(N)=N[C@](C)(c2cc(NC(=O)c3ccc(F)cn3)ccc2F)C2(CCNC2)S1(=O)=O. The van der Waals surface area contributed by atoms with Gasteiger partial charge in [-0.15, -0.1) is 0 Å². The van der Waals surface area contributed by atoms with Crippen LogP contribution in [0.3, 0.4) is 0 Å². The highest BCUT2D eigenvalue weighted by Gasteiger charge is 2.64. The molecule has 4 rings (SSSR count). The van der Waals surface area contributed by atoms with Gasteiger partial charge in [0.05, 0.1) is 6.20 Å². The Morgan fingerprint density at radius 2 is 2.03 bits per heavy atom. The molecule has 12 heteroatoms.